The molecule has 0 bridgehead atoms. The molecular weight excluding hydrogens is 160 g/mol. The number of hydrogen-bond acceptors (Lipinski definition) is 1. The van der Waals surface area contributed by atoms with Crippen LogP contribution in [0.25, 0.3) is 0 Å². The largest absolute Gasteiger partial charge is 0.392 e. The fourth-order valence-electron chi connectivity index (χ4n) is 1.49. The van der Waals surface area contributed by atoms with E-state index in [2.05, 4.69) is 32.9 Å². The molecule has 0 saturated carbocycles. The summed E-state index contributed by atoms with van der Waals surface area (Å²) in [7, 11) is 0. The summed E-state index contributed by atoms with van der Waals surface area (Å²) in [5.41, 5.74) is 3.69. The third kappa shape index (κ3) is 2.31. The summed E-state index contributed by atoms with van der Waals surface area (Å²) in [6.07, 6.45) is 0.996. The van der Waals surface area contributed by atoms with Gasteiger partial charge in [0.2, 0.25) is 0 Å². The maximum Gasteiger partial charge on any atom is 0.0684 e. The first-order valence-corrected chi connectivity index (χ1v) is 4.91. The van der Waals surface area contributed by atoms with Crippen LogP contribution in [0.3, 0.4) is 0 Å². The van der Waals surface area contributed by atoms with Crippen molar-refractivity contribution in [2.75, 3.05) is 0 Å². The number of aliphatic hydroxyl groups is 1. The van der Waals surface area contributed by atoms with E-state index in [4.69, 9.17) is 5.11 Å². The predicted molar refractivity (Wildman–Crippen MR) is 55.8 cm³/mol. The Morgan fingerprint density at radius 1 is 1.23 bits per heavy atom. The molecule has 1 N–H and O–H groups in total. The van der Waals surface area contributed by atoms with Crippen LogP contribution in [0.2, 0.25) is 0 Å². The molecule has 0 amide bonds. The van der Waals surface area contributed by atoms with Gasteiger partial charge in [0, 0.05) is 0 Å². The summed E-state index contributed by atoms with van der Waals surface area (Å²) >= 11 is 0. The molecule has 1 aromatic rings. The second-order valence-corrected chi connectivity index (χ2v) is 3.69. The van der Waals surface area contributed by atoms with E-state index in [1.54, 1.807) is 0 Å². The Balaban J connectivity index is 3.05. The molecule has 0 radical (unpaired) electrons. The molecule has 0 saturated heterocycles. The van der Waals surface area contributed by atoms with Crippen molar-refractivity contribution < 1.29 is 5.11 Å². The van der Waals surface area contributed by atoms with Crippen molar-refractivity contribution in [1.82, 2.24) is 0 Å². The Hall–Kier alpha value is -0.820. The zero-order valence-electron chi connectivity index (χ0n) is 8.67. The Morgan fingerprint density at radius 2 is 1.92 bits per heavy atom. The Morgan fingerprint density at radius 3 is 2.38 bits per heavy atom. The van der Waals surface area contributed by atoms with E-state index >= 15 is 0 Å². The number of benzene rings is 1. The quantitative estimate of drug-likeness (QED) is 0.754. The first kappa shape index (κ1) is 10.3. The summed E-state index contributed by atoms with van der Waals surface area (Å²) < 4.78 is 0. The van der Waals surface area contributed by atoms with Crippen LogP contribution in [0.1, 0.15) is 43.4 Å². The van der Waals surface area contributed by atoms with Gasteiger partial charge in [0.25, 0.3) is 0 Å². The van der Waals surface area contributed by atoms with Crippen molar-refractivity contribution >= 4 is 0 Å². The number of rotatable bonds is 3. The molecule has 72 valence electrons. The second kappa shape index (κ2) is 4.43. The van der Waals surface area contributed by atoms with E-state index in [0.717, 1.165) is 12.0 Å². The molecule has 0 atom stereocenters. The minimum Gasteiger partial charge on any atom is -0.392 e. The van der Waals surface area contributed by atoms with Gasteiger partial charge in [0.05, 0.1) is 6.61 Å². The van der Waals surface area contributed by atoms with E-state index in [1.165, 1.54) is 11.1 Å². The maximum absolute atomic E-state index is 9.08. The first-order chi connectivity index (χ1) is 6.19. The first-order valence-electron chi connectivity index (χ1n) is 4.91. The molecule has 1 heteroatoms. The van der Waals surface area contributed by atoms with Crippen LogP contribution in [0.4, 0.5) is 0 Å². The lowest BCUT2D eigenvalue weighted by atomic mass is 9.96. The standard InChI is InChI=1S/C12H18O/c1-4-10-7-11(9(2)3)5-6-12(10)8-13/h5-7,9,13H,4,8H2,1-3H3. The Bertz CT molecular complexity index is 276. The highest BCUT2D eigenvalue weighted by Crippen LogP contribution is 2.19. The monoisotopic (exact) mass is 178 g/mol. The molecule has 0 unspecified atom stereocenters. The third-order valence-corrected chi connectivity index (χ3v) is 2.45. The van der Waals surface area contributed by atoms with Crippen LogP contribution in [0, 0.1) is 0 Å². The fourth-order valence-corrected chi connectivity index (χ4v) is 1.49. The van der Waals surface area contributed by atoms with Crippen LogP contribution in [0.5, 0.6) is 0 Å². The van der Waals surface area contributed by atoms with Crippen LogP contribution in [0.15, 0.2) is 18.2 Å². The zero-order valence-corrected chi connectivity index (χ0v) is 8.67. The molecule has 0 aromatic heterocycles. The average molecular weight is 178 g/mol. The van der Waals surface area contributed by atoms with Gasteiger partial charge in [-0.05, 0) is 29.0 Å². The fraction of sp³-hybridized carbons (Fsp3) is 0.500. The smallest absolute Gasteiger partial charge is 0.0684 e. The minimum atomic E-state index is 0.154. The van der Waals surface area contributed by atoms with Crippen molar-refractivity contribution in [2.45, 2.75) is 39.7 Å². The van der Waals surface area contributed by atoms with Gasteiger partial charge < -0.3 is 5.11 Å². The number of aryl methyl sites for hydroxylation is 1. The second-order valence-electron chi connectivity index (χ2n) is 3.69. The lowest BCUT2D eigenvalue weighted by molar-refractivity contribution is 0.280. The van der Waals surface area contributed by atoms with Crippen LogP contribution in [-0.2, 0) is 13.0 Å². The molecule has 13 heavy (non-hydrogen) atoms. The van der Waals surface area contributed by atoms with E-state index in [9.17, 15) is 0 Å². The molecule has 0 aliphatic carbocycles. The molecule has 1 aromatic carbocycles. The molecule has 0 fully saturated rings. The summed E-state index contributed by atoms with van der Waals surface area (Å²) in [4.78, 5) is 0. The van der Waals surface area contributed by atoms with Crippen molar-refractivity contribution in [3.63, 3.8) is 0 Å². The van der Waals surface area contributed by atoms with Crippen LogP contribution < -0.4 is 0 Å². The SMILES string of the molecule is CCc1cc(C(C)C)ccc1CO. The molecular formula is C12H18O. The summed E-state index contributed by atoms with van der Waals surface area (Å²) in [5, 5.41) is 9.08. The van der Waals surface area contributed by atoms with Crippen LogP contribution in [-0.4, -0.2) is 5.11 Å². The topological polar surface area (TPSA) is 20.2 Å². The van der Waals surface area contributed by atoms with E-state index in [-0.39, 0.29) is 6.61 Å². The average Bonchev–Trinajstić information content (AvgIpc) is 2.16. The molecule has 0 heterocycles. The third-order valence-electron chi connectivity index (χ3n) is 2.45. The normalized spacial score (nSPS) is 10.8. The van der Waals surface area contributed by atoms with Gasteiger partial charge in [-0.2, -0.15) is 0 Å². The number of hydrogen-bond donors (Lipinski definition) is 1. The van der Waals surface area contributed by atoms with Crippen molar-refractivity contribution in [1.29, 1.82) is 0 Å². The predicted octanol–water partition coefficient (Wildman–Crippen LogP) is 2.86. The lowest BCUT2D eigenvalue weighted by Gasteiger charge is -2.10. The molecule has 0 aliphatic rings. The van der Waals surface area contributed by atoms with Gasteiger partial charge in [-0.3, -0.25) is 0 Å². The summed E-state index contributed by atoms with van der Waals surface area (Å²) in [6.45, 7) is 6.65. The van der Waals surface area contributed by atoms with Crippen molar-refractivity contribution in [2.24, 2.45) is 0 Å². The number of aliphatic hydroxyl groups excluding tert-OH is 1. The van der Waals surface area contributed by atoms with Gasteiger partial charge in [-0.25, -0.2) is 0 Å². The van der Waals surface area contributed by atoms with Gasteiger partial charge in [0.1, 0.15) is 0 Å². The highest BCUT2D eigenvalue weighted by molar-refractivity contribution is 5.33. The minimum absolute atomic E-state index is 0.154. The lowest BCUT2D eigenvalue weighted by Crippen LogP contribution is -1.96. The zero-order chi connectivity index (χ0) is 9.84. The van der Waals surface area contributed by atoms with Crippen molar-refractivity contribution in [3.05, 3.63) is 34.9 Å². The van der Waals surface area contributed by atoms with Gasteiger partial charge in [0.15, 0.2) is 0 Å². The van der Waals surface area contributed by atoms with E-state index in [1.807, 2.05) is 6.07 Å². The summed E-state index contributed by atoms with van der Waals surface area (Å²) in [6, 6.07) is 6.35. The highest BCUT2D eigenvalue weighted by Gasteiger charge is 2.03. The van der Waals surface area contributed by atoms with Gasteiger partial charge in [-0.15, -0.1) is 0 Å². The molecule has 1 nitrogen and oxygen atoms in total. The van der Waals surface area contributed by atoms with Gasteiger partial charge in [-0.1, -0.05) is 39.0 Å². The molecule has 0 aliphatic heterocycles. The van der Waals surface area contributed by atoms with Crippen molar-refractivity contribution in [3.8, 4) is 0 Å². The maximum atomic E-state index is 9.08. The van der Waals surface area contributed by atoms with Crippen LogP contribution >= 0.6 is 0 Å². The molecule has 0 spiro atoms. The van der Waals surface area contributed by atoms with Gasteiger partial charge >= 0.3 is 0 Å². The Labute approximate surface area is 80.4 Å². The Kier molecular flexibility index (Phi) is 3.49. The summed E-state index contributed by atoms with van der Waals surface area (Å²) in [5.74, 6) is 0.568. The van der Waals surface area contributed by atoms with E-state index in [0.29, 0.717) is 5.92 Å². The van der Waals surface area contributed by atoms with E-state index < -0.39 is 0 Å². The molecule has 1 rings (SSSR count). The highest BCUT2D eigenvalue weighted by atomic mass is 16.3.